The van der Waals surface area contributed by atoms with Gasteiger partial charge in [-0.25, -0.2) is 4.79 Å². The van der Waals surface area contributed by atoms with E-state index in [2.05, 4.69) is 21.8 Å². The first-order valence-corrected chi connectivity index (χ1v) is 7.78. The van der Waals surface area contributed by atoms with Gasteiger partial charge in [0, 0.05) is 5.69 Å². The minimum Gasteiger partial charge on any atom is -0.451 e. The molecule has 1 aromatic carbocycles. The highest BCUT2D eigenvalue weighted by atomic mass is 32.1. The van der Waals surface area contributed by atoms with Gasteiger partial charge in [-0.15, -0.1) is 5.10 Å². The number of carbonyl (C=O) groups excluding carboxylic acids is 2. The standard InChI is InChI=1S/C15H17N3O3S/c1-3-10-5-7-11(8-6-10)16-13(19)9-21-15(20)14-12(4-2)17-18-22-14/h5-8H,3-4,9H2,1-2H3,(H,16,19). The summed E-state index contributed by atoms with van der Waals surface area (Å²) in [7, 11) is 0. The number of ether oxygens (including phenoxy) is 1. The zero-order chi connectivity index (χ0) is 15.9. The number of carbonyl (C=O) groups is 2. The molecule has 0 fully saturated rings. The van der Waals surface area contributed by atoms with E-state index in [4.69, 9.17) is 4.74 Å². The number of nitrogens with zero attached hydrogens (tertiary/aromatic N) is 2. The number of anilines is 1. The lowest BCUT2D eigenvalue weighted by molar-refractivity contribution is -0.119. The second-order valence-electron chi connectivity index (χ2n) is 4.58. The molecule has 116 valence electrons. The van der Waals surface area contributed by atoms with Crippen LogP contribution in [0.15, 0.2) is 24.3 Å². The van der Waals surface area contributed by atoms with Crippen LogP contribution in [0.5, 0.6) is 0 Å². The van der Waals surface area contributed by atoms with E-state index >= 15 is 0 Å². The van der Waals surface area contributed by atoms with E-state index in [9.17, 15) is 9.59 Å². The van der Waals surface area contributed by atoms with E-state index in [1.807, 2.05) is 31.2 Å². The number of aryl methyl sites for hydroxylation is 2. The number of benzene rings is 1. The van der Waals surface area contributed by atoms with Gasteiger partial charge in [0.25, 0.3) is 5.91 Å². The summed E-state index contributed by atoms with van der Waals surface area (Å²) in [6.45, 7) is 3.60. The van der Waals surface area contributed by atoms with Gasteiger partial charge >= 0.3 is 5.97 Å². The number of hydrogen-bond acceptors (Lipinski definition) is 6. The largest absolute Gasteiger partial charge is 0.451 e. The smallest absolute Gasteiger partial charge is 0.352 e. The molecule has 1 aromatic heterocycles. The van der Waals surface area contributed by atoms with Gasteiger partial charge in [0.1, 0.15) is 0 Å². The Morgan fingerprint density at radius 1 is 1.18 bits per heavy atom. The van der Waals surface area contributed by atoms with Crippen molar-refractivity contribution in [2.45, 2.75) is 26.7 Å². The maximum absolute atomic E-state index is 11.9. The Kier molecular flexibility index (Phi) is 5.60. The number of nitrogens with one attached hydrogen (secondary N) is 1. The molecule has 22 heavy (non-hydrogen) atoms. The molecular formula is C15H17N3O3S. The van der Waals surface area contributed by atoms with Crippen LogP contribution in [0.2, 0.25) is 0 Å². The third-order valence-corrected chi connectivity index (χ3v) is 3.80. The van der Waals surface area contributed by atoms with Crippen molar-refractivity contribution in [1.82, 2.24) is 9.59 Å². The first-order chi connectivity index (χ1) is 10.6. The molecule has 1 amide bonds. The molecule has 6 nitrogen and oxygen atoms in total. The molecular weight excluding hydrogens is 302 g/mol. The Morgan fingerprint density at radius 3 is 2.55 bits per heavy atom. The molecule has 1 heterocycles. The zero-order valence-electron chi connectivity index (χ0n) is 12.5. The summed E-state index contributed by atoms with van der Waals surface area (Å²) in [5.74, 6) is -0.948. The zero-order valence-corrected chi connectivity index (χ0v) is 13.3. The summed E-state index contributed by atoms with van der Waals surface area (Å²) in [5.41, 5.74) is 2.45. The van der Waals surface area contributed by atoms with Gasteiger partial charge in [0.2, 0.25) is 0 Å². The Bertz CT molecular complexity index is 652. The maximum Gasteiger partial charge on any atom is 0.352 e. The second kappa shape index (κ2) is 7.65. The number of aromatic nitrogens is 2. The van der Waals surface area contributed by atoms with Crippen LogP contribution in [0.3, 0.4) is 0 Å². The molecule has 7 heteroatoms. The molecule has 0 saturated heterocycles. The van der Waals surface area contributed by atoms with Gasteiger partial charge in [-0.2, -0.15) is 0 Å². The van der Waals surface area contributed by atoms with Gasteiger partial charge in [0.15, 0.2) is 11.5 Å². The highest BCUT2D eigenvalue weighted by Gasteiger charge is 2.17. The number of amides is 1. The average molecular weight is 319 g/mol. The Balaban J connectivity index is 1.85. The van der Waals surface area contributed by atoms with Crippen LogP contribution < -0.4 is 5.32 Å². The molecule has 0 radical (unpaired) electrons. The SMILES string of the molecule is CCc1ccc(NC(=O)COC(=O)c2snnc2CC)cc1. The topological polar surface area (TPSA) is 81.2 Å². The van der Waals surface area contributed by atoms with Crippen LogP contribution in [-0.2, 0) is 22.4 Å². The lowest BCUT2D eigenvalue weighted by Gasteiger charge is -2.06. The summed E-state index contributed by atoms with van der Waals surface area (Å²) in [6.07, 6.45) is 1.53. The highest BCUT2D eigenvalue weighted by molar-refractivity contribution is 7.07. The molecule has 0 aliphatic heterocycles. The van der Waals surface area contributed by atoms with Gasteiger partial charge < -0.3 is 10.1 Å². The quantitative estimate of drug-likeness (QED) is 0.827. The molecule has 0 spiro atoms. The predicted molar refractivity (Wildman–Crippen MR) is 84.0 cm³/mol. The molecule has 2 aromatic rings. The summed E-state index contributed by atoms with van der Waals surface area (Å²) in [6, 6.07) is 7.53. The van der Waals surface area contributed by atoms with Gasteiger partial charge in [0.05, 0.1) is 5.69 Å². The van der Waals surface area contributed by atoms with E-state index in [1.165, 1.54) is 5.56 Å². The third kappa shape index (κ3) is 4.11. The number of hydrogen-bond donors (Lipinski definition) is 1. The molecule has 1 N–H and O–H groups in total. The van der Waals surface area contributed by atoms with Crippen LogP contribution >= 0.6 is 11.5 Å². The van der Waals surface area contributed by atoms with Gasteiger partial charge in [-0.05, 0) is 42.1 Å². The molecule has 2 rings (SSSR count). The Hall–Kier alpha value is -2.28. The van der Waals surface area contributed by atoms with Crippen molar-refractivity contribution in [1.29, 1.82) is 0 Å². The fourth-order valence-electron chi connectivity index (χ4n) is 1.81. The summed E-state index contributed by atoms with van der Waals surface area (Å²) in [4.78, 5) is 24.0. The van der Waals surface area contributed by atoms with Gasteiger partial charge in [-0.3, -0.25) is 4.79 Å². The second-order valence-corrected chi connectivity index (χ2v) is 5.33. The summed E-state index contributed by atoms with van der Waals surface area (Å²) >= 11 is 0.975. The summed E-state index contributed by atoms with van der Waals surface area (Å²) < 4.78 is 8.70. The minimum absolute atomic E-state index is 0.338. The number of esters is 1. The molecule has 0 aliphatic rings. The normalized spacial score (nSPS) is 10.3. The Morgan fingerprint density at radius 2 is 1.91 bits per heavy atom. The fourth-order valence-corrected chi connectivity index (χ4v) is 2.46. The third-order valence-electron chi connectivity index (χ3n) is 3.06. The molecule has 0 saturated carbocycles. The van der Waals surface area contributed by atoms with Crippen molar-refractivity contribution < 1.29 is 14.3 Å². The van der Waals surface area contributed by atoms with Crippen LogP contribution in [-0.4, -0.2) is 28.1 Å². The Labute approximate surface area is 132 Å². The maximum atomic E-state index is 11.9. The lowest BCUT2D eigenvalue weighted by atomic mass is 10.1. The van der Waals surface area contributed by atoms with Gasteiger partial charge in [-0.1, -0.05) is 30.5 Å². The van der Waals surface area contributed by atoms with Crippen molar-refractivity contribution in [2.24, 2.45) is 0 Å². The lowest BCUT2D eigenvalue weighted by Crippen LogP contribution is -2.21. The molecule has 0 atom stereocenters. The van der Waals surface area contributed by atoms with Crippen molar-refractivity contribution in [3.8, 4) is 0 Å². The minimum atomic E-state index is -0.566. The van der Waals surface area contributed by atoms with Crippen molar-refractivity contribution in [2.75, 3.05) is 11.9 Å². The fraction of sp³-hybridized carbons (Fsp3) is 0.333. The average Bonchev–Trinajstić information content (AvgIpc) is 3.02. The molecule has 0 aliphatic carbocycles. The van der Waals surface area contributed by atoms with E-state index in [0.29, 0.717) is 22.7 Å². The molecule has 0 bridgehead atoms. The van der Waals surface area contributed by atoms with E-state index < -0.39 is 5.97 Å². The van der Waals surface area contributed by atoms with E-state index in [0.717, 1.165) is 18.0 Å². The van der Waals surface area contributed by atoms with Crippen LogP contribution in [0.4, 0.5) is 5.69 Å². The van der Waals surface area contributed by atoms with E-state index in [1.54, 1.807) is 0 Å². The summed E-state index contributed by atoms with van der Waals surface area (Å²) in [5, 5.41) is 6.51. The van der Waals surface area contributed by atoms with Crippen molar-refractivity contribution in [3.05, 3.63) is 40.4 Å². The van der Waals surface area contributed by atoms with Crippen molar-refractivity contribution >= 4 is 29.1 Å². The number of rotatable bonds is 6. The first kappa shape index (κ1) is 16.1. The van der Waals surface area contributed by atoms with Crippen molar-refractivity contribution in [3.63, 3.8) is 0 Å². The first-order valence-electron chi connectivity index (χ1n) is 7.01. The van der Waals surface area contributed by atoms with Crippen LogP contribution in [0, 0.1) is 0 Å². The predicted octanol–water partition coefficient (Wildman–Crippen LogP) is 2.46. The monoisotopic (exact) mass is 319 g/mol. The van der Waals surface area contributed by atoms with Crippen LogP contribution in [0.25, 0.3) is 0 Å². The van der Waals surface area contributed by atoms with Crippen LogP contribution in [0.1, 0.15) is 34.8 Å². The highest BCUT2D eigenvalue weighted by Crippen LogP contribution is 2.13. The van der Waals surface area contributed by atoms with E-state index in [-0.39, 0.29) is 12.5 Å². The molecule has 0 unspecified atom stereocenters.